The molecule has 15 heteroatoms. The van der Waals surface area contributed by atoms with E-state index in [2.05, 4.69) is 15.3 Å². The zero-order valence-electron chi connectivity index (χ0n) is 30.6. The number of benzene rings is 3. The maximum atomic E-state index is 13.4. The third-order valence-corrected chi connectivity index (χ3v) is 11.6. The van der Waals surface area contributed by atoms with Crippen LogP contribution in [0.25, 0.3) is 22.3 Å². The van der Waals surface area contributed by atoms with Gasteiger partial charge in [-0.15, -0.1) is 11.8 Å². The van der Waals surface area contributed by atoms with E-state index in [9.17, 15) is 24.0 Å². The molecule has 2 atom stereocenters. The fraction of sp³-hybridized carbons (Fsp3) is 0.317. The lowest BCUT2D eigenvalue weighted by Gasteiger charge is -2.33. The van der Waals surface area contributed by atoms with Crippen LogP contribution in [0.3, 0.4) is 0 Å². The van der Waals surface area contributed by atoms with Crippen LogP contribution in [0.1, 0.15) is 78.1 Å². The molecule has 0 radical (unpaired) electrons. The number of piperidine rings is 2. The van der Waals surface area contributed by atoms with Crippen molar-refractivity contribution in [2.24, 2.45) is 0 Å². The Morgan fingerprint density at radius 2 is 1.70 bits per heavy atom. The number of hydrogen-bond donors (Lipinski definition) is 2. The van der Waals surface area contributed by atoms with Crippen molar-refractivity contribution in [3.05, 3.63) is 90.3 Å². The van der Waals surface area contributed by atoms with Crippen molar-refractivity contribution in [3.63, 3.8) is 0 Å². The first-order valence-electron chi connectivity index (χ1n) is 18.8. The number of nitrogens with zero attached hydrogens (tertiary/aromatic N) is 6. The van der Waals surface area contributed by atoms with Crippen LogP contribution in [0.5, 0.6) is 11.5 Å². The first kappa shape index (κ1) is 36.9. The van der Waals surface area contributed by atoms with Gasteiger partial charge >= 0.3 is 0 Å². The summed E-state index contributed by atoms with van der Waals surface area (Å²) in [5.74, 6) is 0.514. The lowest BCUT2D eigenvalue weighted by atomic mass is 10.0. The van der Waals surface area contributed by atoms with Crippen molar-refractivity contribution < 1.29 is 28.7 Å². The summed E-state index contributed by atoms with van der Waals surface area (Å²) in [5.41, 5.74) is 9.13. The molecule has 3 aromatic carbocycles. The molecule has 14 nitrogen and oxygen atoms in total. The van der Waals surface area contributed by atoms with Crippen molar-refractivity contribution in [1.82, 2.24) is 34.9 Å². The summed E-state index contributed by atoms with van der Waals surface area (Å²) in [6, 6.07) is 21.3. The van der Waals surface area contributed by atoms with Gasteiger partial charge in [-0.1, -0.05) is 30.7 Å². The molecule has 5 heterocycles. The second-order valence-electron chi connectivity index (χ2n) is 14.1. The van der Waals surface area contributed by atoms with Crippen molar-refractivity contribution in [3.8, 4) is 22.8 Å². The van der Waals surface area contributed by atoms with Crippen LogP contribution in [0.2, 0.25) is 0 Å². The van der Waals surface area contributed by atoms with Crippen LogP contribution >= 0.6 is 11.8 Å². The summed E-state index contributed by atoms with van der Waals surface area (Å²) < 4.78 is 7.87. The standard InChI is InChI=1S/C41H40N8O6S/c42-37-35-36(25-15-17-28(18-16-25)55-27-10-3-1-4-11-27)46-49(38(35)44-24-43-37)26-9-8-21-47(23-26)33(51)14-5-2-6-22-56-31-13-7-12-29-34(31)41(54)48(40(29)53)30-19-20-32(50)45-39(30)52/h1,3-4,7,10-13,15-18,24,26,30H,2,5-6,8-9,14,19-23H2,(H2,42,43,44)(H,45,50,52). The summed E-state index contributed by atoms with van der Waals surface area (Å²) in [5, 5.41) is 7.92. The Labute approximate surface area is 326 Å². The molecule has 286 valence electrons. The summed E-state index contributed by atoms with van der Waals surface area (Å²) in [6.45, 7) is 1.19. The lowest BCUT2D eigenvalue weighted by molar-refractivity contribution is -0.136. The highest BCUT2D eigenvalue weighted by Crippen LogP contribution is 2.37. The number of nitrogens with one attached hydrogen (secondary N) is 1. The number of aromatic nitrogens is 4. The van der Waals surface area contributed by atoms with E-state index in [0.717, 1.165) is 48.3 Å². The maximum Gasteiger partial charge on any atom is 0.263 e. The van der Waals surface area contributed by atoms with E-state index in [-0.39, 0.29) is 30.4 Å². The zero-order valence-corrected chi connectivity index (χ0v) is 31.4. The van der Waals surface area contributed by atoms with Gasteiger partial charge in [0.25, 0.3) is 11.8 Å². The maximum absolute atomic E-state index is 13.4. The number of hydrogen-bond acceptors (Lipinski definition) is 11. The molecule has 2 unspecified atom stereocenters. The topological polar surface area (TPSA) is 183 Å². The Balaban J connectivity index is 0.855. The highest BCUT2D eigenvalue weighted by molar-refractivity contribution is 7.99. The molecule has 8 rings (SSSR count). The molecule has 5 aromatic rings. The quantitative estimate of drug-likeness (QED) is 0.0890. The Morgan fingerprint density at radius 3 is 2.50 bits per heavy atom. The minimum absolute atomic E-state index is 0.0716. The van der Waals surface area contributed by atoms with Gasteiger partial charge in [-0.3, -0.25) is 34.2 Å². The molecule has 2 aromatic heterocycles. The van der Waals surface area contributed by atoms with Crippen LogP contribution in [0, 0.1) is 0 Å². The number of ether oxygens (including phenoxy) is 1. The predicted octanol–water partition coefficient (Wildman–Crippen LogP) is 5.79. The fourth-order valence-corrected chi connectivity index (χ4v) is 8.72. The predicted molar refractivity (Wildman–Crippen MR) is 209 cm³/mol. The number of rotatable bonds is 12. The molecule has 0 bridgehead atoms. The number of amides is 5. The van der Waals surface area contributed by atoms with Crippen molar-refractivity contribution >= 4 is 58.1 Å². The number of fused-ring (bicyclic) bond motifs is 2. The molecular formula is C41H40N8O6S. The molecule has 0 saturated carbocycles. The largest absolute Gasteiger partial charge is 0.457 e. The number of carbonyl (C=O) groups is 5. The summed E-state index contributed by atoms with van der Waals surface area (Å²) in [6.07, 6.45) is 6.07. The molecule has 2 fully saturated rings. The van der Waals surface area contributed by atoms with Gasteiger partial charge in [-0.05, 0) is 86.4 Å². The number of nitrogens with two attached hydrogens (primary N) is 1. The van der Waals surface area contributed by atoms with Gasteiger partial charge in [0.1, 0.15) is 35.4 Å². The minimum Gasteiger partial charge on any atom is -0.457 e. The summed E-state index contributed by atoms with van der Waals surface area (Å²) in [7, 11) is 0. The fourth-order valence-electron chi connectivity index (χ4n) is 7.64. The van der Waals surface area contributed by atoms with Crippen LogP contribution < -0.4 is 15.8 Å². The second kappa shape index (κ2) is 15.9. The summed E-state index contributed by atoms with van der Waals surface area (Å²) >= 11 is 1.48. The number of anilines is 1. The van der Waals surface area contributed by atoms with E-state index in [1.807, 2.05) is 70.2 Å². The molecule has 3 aliphatic heterocycles. The number of para-hydroxylation sites is 1. The van der Waals surface area contributed by atoms with E-state index < -0.39 is 29.7 Å². The van der Waals surface area contributed by atoms with Gasteiger partial charge in [0.2, 0.25) is 17.7 Å². The minimum atomic E-state index is -1.00. The number of likely N-dealkylation sites (tertiary alicyclic amines) is 1. The van der Waals surface area contributed by atoms with Crippen LogP contribution in [0.15, 0.2) is 84.0 Å². The third-order valence-electron chi connectivity index (χ3n) is 10.4. The van der Waals surface area contributed by atoms with E-state index in [1.54, 1.807) is 12.1 Å². The molecule has 56 heavy (non-hydrogen) atoms. The number of nitrogen functional groups attached to an aromatic ring is 1. The van der Waals surface area contributed by atoms with Crippen molar-refractivity contribution in [2.45, 2.75) is 68.3 Å². The van der Waals surface area contributed by atoms with E-state index in [0.29, 0.717) is 64.0 Å². The molecule has 3 N–H and O–H groups in total. The first-order chi connectivity index (χ1) is 27.3. The molecule has 0 aliphatic carbocycles. The van der Waals surface area contributed by atoms with E-state index >= 15 is 0 Å². The number of unbranched alkanes of at least 4 members (excludes halogenated alkanes) is 2. The number of carbonyl (C=O) groups excluding carboxylic acids is 5. The Kier molecular flexibility index (Phi) is 10.5. The van der Waals surface area contributed by atoms with Gasteiger partial charge in [0.05, 0.1) is 22.6 Å². The van der Waals surface area contributed by atoms with Gasteiger partial charge < -0.3 is 15.4 Å². The van der Waals surface area contributed by atoms with Gasteiger partial charge in [-0.2, -0.15) is 5.10 Å². The molecular weight excluding hydrogens is 733 g/mol. The number of imide groups is 2. The normalized spacial score (nSPS) is 18.4. The lowest BCUT2D eigenvalue weighted by Crippen LogP contribution is -2.54. The summed E-state index contributed by atoms with van der Waals surface area (Å²) in [4.78, 5) is 76.5. The van der Waals surface area contributed by atoms with Crippen LogP contribution in [0.4, 0.5) is 5.82 Å². The highest BCUT2D eigenvalue weighted by atomic mass is 32.2. The molecule has 0 spiro atoms. The third kappa shape index (κ3) is 7.33. The van der Waals surface area contributed by atoms with Crippen molar-refractivity contribution in [2.75, 3.05) is 24.6 Å². The smallest absolute Gasteiger partial charge is 0.263 e. The van der Waals surface area contributed by atoms with Gasteiger partial charge in [-0.25, -0.2) is 14.6 Å². The highest BCUT2D eigenvalue weighted by Gasteiger charge is 2.45. The van der Waals surface area contributed by atoms with E-state index in [1.165, 1.54) is 18.1 Å². The van der Waals surface area contributed by atoms with Gasteiger partial charge in [0.15, 0.2) is 5.65 Å². The van der Waals surface area contributed by atoms with Crippen molar-refractivity contribution in [1.29, 1.82) is 0 Å². The Morgan fingerprint density at radius 1 is 0.893 bits per heavy atom. The number of thioether (sulfide) groups is 1. The second-order valence-corrected chi connectivity index (χ2v) is 15.2. The average molecular weight is 773 g/mol. The molecule has 2 saturated heterocycles. The van der Waals surface area contributed by atoms with Crippen LogP contribution in [-0.2, 0) is 14.4 Å². The average Bonchev–Trinajstić information content (AvgIpc) is 3.73. The van der Waals surface area contributed by atoms with Crippen LogP contribution in [-0.4, -0.2) is 84.0 Å². The monoisotopic (exact) mass is 772 g/mol. The Bertz CT molecular complexity index is 2330. The zero-order chi connectivity index (χ0) is 38.8. The van der Waals surface area contributed by atoms with Gasteiger partial charge in [0, 0.05) is 36.4 Å². The Hall–Kier alpha value is -6.09. The van der Waals surface area contributed by atoms with E-state index in [4.69, 9.17) is 15.6 Å². The molecule has 5 amide bonds. The SMILES string of the molecule is Nc1ncnc2c1c(-c1ccc(Oc3ccccc3)cc1)nn2C1CCCN(C(=O)CCCCCSc2cccc3c2C(=O)N(C2CCC(=O)NC2=O)C3=O)C1. The first-order valence-corrected chi connectivity index (χ1v) is 19.8. The molecule has 3 aliphatic rings.